The lowest BCUT2D eigenvalue weighted by Crippen LogP contribution is -2.20. The largest absolute Gasteiger partial charge is 0.300 e. The Morgan fingerprint density at radius 3 is 2.83 bits per heavy atom. The molecule has 0 N–H and O–H groups in total. The van der Waals surface area contributed by atoms with Crippen molar-refractivity contribution < 1.29 is 4.79 Å². The topological polar surface area (TPSA) is 30.0 Å². The summed E-state index contributed by atoms with van der Waals surface area (Å²) >= 11 is 5.71. The van der Waals surface area contributed by atoms with Gasteiger partial charge in [-0.2, -0.15) is 0 Å². The fourth-order valence-electron chi connectivity index (χ4n) is 1.40. The quantitative estimate of drug-likeness (QED) is 0.622. The third-order valence-corrected chi connectivity index (χ3v) is 2.38. The second-order valence-electron chi connectivity index (χ2n) is 3.06. The highest BCUT2D eigenvalue weighted by Crippen LogP contribution is 2.33. The van der Waals surface area contributed by atoms with Gasteiger partial charge >= 0.3 is 0 Å². The van der Waals surface area contributed by atoms with Crippen LogP contribution in [0.1, 0.15) is 24.3 Å². The zero-order valence-electron chi connectivity index (χ0n) is 6.46. The predicted octanol–water partition coefficient (Wildman–Crippen LogP) is 2.18. The van der Waals surface area contributed by atoms with Gasteiger partial charge in [-0.1, -0.05) is 11.6 Å². The molecule has 0 aliphatic heterocycles. The average Bonchev–Trinajstić information content (AvgIpc) is 1.99. The number of hydrogen-bond acceptors (Lipinski definition) is 2. The van der Waals surface area contributed by atoms with Gasteiger partial charge in [-0.15, -0.1) is 0 Å². The van der Waals surface area contributed by atoms with Gasteiger partial charge in [-0.25, -0.2) is 4.98 Å². The zero-order valence-corrected chi connectivity index (χ0v) is 7.21. The third-order valence-electron chi connectivity index (χ3n) is 2.17. The van der Waals surface area contributed by atoms with Gasteiger partial charge in [0, 0.05) is 19.0 Å². The summed E-state index contributed by atoms with van der Waals surface area (Å²) in [6, 6.07) is 3.75. The molecule has 0 aromatic carbocycles. The Labute approximate surface area is 75.6 Å². The summed E-state index contributed by atoms with van der Waals surface area (Å²) in [6.07, 6.45) is 3.02. The van der Waals surface area contributed by atoms with E-state index in [2.05, 4.69) is 4.98 Å². The number of pyridine rings is 1. The molecule has 1 aromatic rings. The number of nitrogens with zero attached hydrogens (tertiary/aromatic N) is 1. The highest BCUT2D eigenvalue weighted by molar-refractivity contribution is 6.29. The van der Waals surface area contributed by atoms with E-state index in [1.807, 2.05) is 12.1 Å². The fraction of sp³-hybridized carbons (Fsp3) is 0.333. The normalized spacial score (nSPS) is 17.6. The van der Waals surface area contributed by atoms with Gasteiger partial charge < -0.3 is 0 Å². The first-order valence-corrected chi connectivity index (χ1v) is 4.26. The smallest absolute Gasteiger partial charge is 0.134 e. The van der Waals surface area contributed by atoms with E-state index in [0.717, 1.165) is 5.56 Å². The molecule has 0 radical (unpaired) electrons. The van der Waals surface area contributed by atoms with Crippen LogP contribution in [0.5, 0.6) is 0 Å². The van der Waals surface area contributed by atoms with Gasteiger partial charge in [0.25, 0.3) is 0 Å². The van der Waals surface area contributed by atoms with Gasteiger partial charge in [0.15, 0.2) is 0 Å². The number of halogens is 1. The molecule has 12 heavy (non-hydrogen) atoms. The van der Waals surface area contributed by atoms with Crippen molar-refractivity contribution in [3.63, 3.8) is 0 Å². The van der Waals surface area contributed by atoms with Crippen molar-refractivity contribution in [1.29, 1.82) is 0 Å². The van der Waals surface area contributed by atoms with Crippen LogP contribution >= 0.6 is 11.6 Å². The lowest BCUT2D eigenvalue weighted by molar-refractivity contribution is -0.124. The van der Waals surface area contributed by atoms with E-state index in [1.54, 1.807) is 6.20 Å². The van der Waals surface area contributed by atoms with Crippen LogP contribution in [-0.2, 0) is 4.79 Å². The van der Waals surface area contributed by atoms with Crippen molar-refractivity contribution in [2.75, 3.05) is 0 Å². The Bertz CT molecular complexity index is 316. The van der Waals surface area contributed by atoms with E-state index >= 15 is 0 Å². The Morgan fingerprint density at radius 1 is 1.50 bits per heavy atom. The van der Waals surface area contributed by atoms with E-state index in [4.69, 9.17) is 11.6 Å². The number of aromatic nitrogens is 1. The highest BCUT2D eigenvalue weighted by Gasteiger charge is 2.27. The molecule has 62 valence electrons. The maximum atomic E-state index is 10.7. The van der Waals surface area contributed by atoms with Crippen molar-refractivity contribution >= 4 is 17.4 Å². The monoisotopic (exact) mass is 181 g/mol. The van der Waals surface area contributed by atoms with Gasteiger partial charge in [0.2, 0.25) is 0 Å². The number of Topliss-reactive ketones (excluding diaryl/α,β-unsaturated/α-hetero) is 1. The summed E-state index contributed by atoms with van der Waals surface area (Å²) in [5.41, 5.74) is 1.13. The van der Waals surface area contributed by atoms with Crippen molar-refractivity contribution in [3.05, 3.63) is 29.0 Å². The summed E-state index contributed by atoms with van der Waals surface area (Å²) in [5.74, 6) is 0.728. The number of carbonyl (C=O) groups is 1. The highest BCUT2D eigenvalue weighted by atomic mass is 35.5. The molecule has 1 fully saturated rings. The van der Waals surface area contributed by atoms with Crippen molar-refractivity contribution in [3.8, 4) is 0 Å². The Balaban J connectivity index is 2.18. The van der Waals surface area contributed by atoms with Crippen LogP contribution in [0.25, 0.3) is 0 Å². The number of ketones is 1. The van der Waals surface area contributed by atoms with Gasteiger partial charge in [-0.05, 0) is 23.6 Å². The summed E-state index contributed by atoms with van der Waals surface area (Å²) < 4.78 is 0. The average molecular weight is 182 g/mol. The third kappa shape index (κ3) is 1.34. The lowest BCUT2D eigenvalue weighted by Gasteiger charge is -2.24. The van der Waals surface area contributed by atoms with Crippen LogP contribution in [0.15, 0.2) is 18.3 Å². The molecule has 1 aliphatic rings. The Hall–Kier alpha value is -0.890. The summed E-state index contributed by atoms with van der Waals surface area (Å²) in [7, 11) is 0. The lowest BCUT2D eigenvalue weighted by atomic mass is 9.79. The molecule has 0 amide bonds. The van der Waals surface area contributed by atoms with Crippen LogP contribution in [0.2, 0.25) is 5.15 Å². The molecule has 2 rings (SSSR count). The SMILES string of the molecule is O=C1CC(c2ccnc(Cl)c2)C1. The van der Waals surface area contributed by atoms with Gasteiger partial charge in [-0.3, -0.25) is 4.79 Å². The fourth-order valence-corrected chi connectivity index (χ4v) is 1.58. The molecular formula is C9H8ClNO. The molecular weight excluding hydrogens is 174 g/mol. The minimum Gasteiger partial charge on any atom is -0.300 e. The van der Waals surface area contributed by atoms with E-state index < -0.39 is 0 Å². The van der Waals surface area contributed by atoms with Gasteiger partial charge in [0.1, 0.15) is 10.9 Å². The molecule has 0 atom stereocenters. The maximum Gasteiger partial charge on any atom is 0.134 e. The van der Waals surface area contributed by atoms with E-state index in [9.17, 15) is 4.79 Å². The second-order valence-corrected chi connectivity index (χ2v) is 3.44. The number of carbonyl (C=O) groups excluding carboxylic acids is 1. The number of hydrogen-bond donors (Lipinski definition) is 0. The molecule has 1 saturated carbocycles. The van der Waals surface area contributed by atoms with Crippen LogP contribution < -0.4 is 0 Å². The van der Waals surface area contributed by atoms with E-state index in [0.29, 0.717) is 29.7 Å². The first-order chi connectivity index (χ1) is 5.75. The summed E-state index contributed by atoms with van der Waals surface area (Å²) in [4.78, 5) is 14.6. The van der Waals surface area contributed by atoms with Crippen molar-refractivity contribution in [1.82, 2.24) is 4.98 Å². The van der Waals surface area contributed by atoms with Crippen LogP contribution in [0.4, 0.5) is 0 Å². The minimum atomic E-state index is 0.341. The molecule has 0 saturated heterocycles. The molecule has 1 heterocycles. The first-order valence-electron chi connectivity index (χ1n) is 3.89. The standard InChI is InChI=1S/C9H8ClNO/c10-9-5-6(1-2-11-9)7-3-8(12)4-7/h1-2,5,7H,3-4H2. The molecule has 1 aromatic heterocycles. The molecule has 0 spiro atoms. The summed E-state index contributed by atoms with van der Waals surface area (Å²) in [6.45, 7) is 0. The molecule has 2 nitrogen and oxygen atoms in total. The van der Waals surface area contributed by atoms with E-state index in [1.165, 1.54) is 0 Å². The maximum absolute atomic E-state index is 10.7. The van der Waals surface area contributed by atoms with Crippen LogP contribution in [-0.4, -0.2) is 10.8 Å². The van der Waals surface area contributed by atoms with Gasteiger partial charge in [0.05, 0.1) is 0 Å². The summed E-state index contributed by atoms with van der Waals surface area (Å²) in [5, 5.41) is 0.506. The molecule has 1 aliphatic carbocycles. The Kier molecular flexibility index (Phi) is 1.85. The zero-order chi connectivity index (χ0) is 8.55. The van der Waals surface area contributed by atoms with E-state index in [-0.39, 0.29) is 0 Å². The van der Waals surface area contributed by atoms with Crippen LogP contribution in [0.3, 0.4) is 0 Å². The van der Waals surface area contributed by atoms with Crippen molar-refractivity contribution in [2.24, 2.45) is 0 Å². The molecule has 0 bridgehead atoms. The number of rotatable bonds is 1. The molecule has 3 heteroatoms. The minimum absolute atomic E-state index is 0.341. The Morgan fingerprint density at radius 2 is 2.25 bits per heavy atom. The molecule has 0 unspecified atom stereocenters. The first kappa shape index (κ1) is 7.74. The van der Waals surface area contributed by atoms with Crippen LogP contribution in [0, 0.1) is 0 Å². The second kappa shape index (κ2) is 2.87. The predicted molar refractivity (Wildman–Crippen MR) is 46.2 cm³/mol. The van der Waals surface area contributed by atoms with Crippen molar-refractivity contribution in [2.45, 2.75) is 18.8 Å².